The number of hydrogen-bond donors (Lipinski definition) is 2. The monoisotopic (exact) mass is 350 g/mol. The molecule has 0 unspecified atom stereocenters. The van der Waals surface area contributed by atoms with Crippen molar-refractivity contribution in [2.75, 3.05) is 6.54 Å². The molecule has 130 valence electrons. The highest BCUT2D eigenvalue weighted by molar-refractivity contribution is 5.85. The zero-order valence-corrected chi connectivity index (χ0v) is 13.6. The first-order valence-corrected chi connectivity index (χ1v) is 7.50. The van der Waals surface area contributed by atoms with Crippen LogP contribution in [0.3, 0.4) is 0 Å². The van der Waals surface area contributed by atoms with Crippen molar-refractivity contribution in [2.45, 2.75) is 50.2 Å². The fourth-order valence-electron chi connectivity index (χ4n) is 2.77. The second-order valence-electron chi connectivity index (χ2n) is 6.07. The van der Waals surface area contributed by atoms with Gasteiger partial charge in [-0.2, -0.15) is 13.2 Å². The summed E-state index contributed by atoms with van der Waals surface area (Å²) in [7, 11) is 0. The first-order chi connectivity index (χ1) is 10.3. The molecule has 3 N–H and O–H groups in total. The Balaban J connectivity index is 0.00000264. The molecule has 3 nitrogen and oxygen atoms in total. The van der Waals surface area contributed by atoms with Gasteiger partial charge in [0.15, 0.2) is 0 Å². The molecule has 0 aromatic heterocycles. The second-order valence-corrected chi connectivity index (χ2v) is 6.07. The Morgan fingerprint density at radius 2 is 1.70 bits per heavy atom. The van der Waals surface area contributed by atoms with Crippen molar-refractivity contribution in [3.05, 3.63) is 35.4 Å². The number of carbonyl (C=O) groups excluding carboxylic acids is 1. The summed E-state index contributed by atoms with van der Waals surface area (Å²) in [6, 6.07) is 4.66. The van der Waals surface area contributed by atoms with Gasteiger partial charge in [0.25, 0.3) is 0 Å². The zero-order chi connectivity index (χ0) is 16.2. The molecule has 2 rings (SSSR count). The largest absolute Gasteiger partial charge is 0.416 e. The van der Waals surface area contributed by atoms with Crippen LogP contribution in [0, 0.1) is 0 Å². The molecule has 1 fully saturated rings. The summed E-state index contributed by atoms with van der Waals surface area (Å²) in [4.78, 5) is 11.9. The third-order valence-corrected chi connectivity index (χ3v) is 4.13. The Labute approximate surface area is 140 Å². The molecule has 0 atom stereocenters. The SMILES string of the molecule is Cl.NC1(CNC(=O)Cc2ccc(C(F)(F)F)cc2)CCCCC1. The Bertz CT molecular complexity index is 511. The fraction of sp³-hybridized carbons (Fsp3) is 0.562. The highest BCUT2D eigenvalue weighted by Crippen LogP contribution is 2.29. The van der Waals surface area contributed by atoms with E-state index < -0.39 is 11.7 Å². The summed E-state index contributed by atoms with van der Waals surface area (Å²) in [5.41, 5.74) is 5.74. The van der Waals surface area contributed by atoms with Gasteiger partial charge in [0.05, 0.1) is 12.0 Å². The summed E-state index contributed by atoms with van der Waals surface area (Å²) in [6.07, 6.45) is 0.831. The maximum Gasteiger partial charge on any atom is 0.416 e. The van der Waals surface area contributed by atoms with Crippen molar-refractivity contribution in [3.63, 3.8) is 0 Å². The predicted octanol–water partition coefficient (Wildman–Crippen LogP) is 3.45. The number of nitrogens with one attached hydrogen (secondary N) is 1. The Hall–Kier alpha value is -1.27. The lowest BCUT2D eigenvalue weighted by Crippen LogP contribution is -2.51. The Morgan fingerprint density at radius 1 is 1.13 bits per heavy atom. The van der Waals surface area contributed by atoms with Gasteiger partial charge in [0.2, 0.25) is 5.91 Å². The van der Waals surface area contributed by atoms with E-state index in [9.17, 15) is 18.0 Å². The van der Waals surface area contributed by atoms with Gasteiger partial charge in [-0.25, -0.2) is 0 Å². The average molecular weight is 351 g/mol. The quantitative estimate of drug-likeness (QED) is 0.874. The van der Waals surface area contributed by atoms with Crippen molar-refractivity contribution >= 4 is 18.3 Å². The van der Waals surface area contributed by atoms with E-state index in [0.29, 0.717) is 12.1 Å². The van der Waals surface area contributed by atoms with Gasteiger partial charge in [0.1, 0.15) is 0 Å². The van der Waals surface area contributed by atoms with E-state index in [0.717, 1.165) is 37.8 Å². The van der Waals surface area contributed by atoms with Gasteiger partial charge in [0, 0.05) is 12.1 Å². The van der Waals surface area contributed by atoms with Crippen LogP contribution < -0.4 is 11.1 Å². The average Bonchev–Trinajstić information content (AvgIpc) is 2.46. The number of hydrogen-bond acceptors (Lipinski definition) is 2. The van der Waals surface area contributed by atoms with Crippen LogP contribution in [0.4, 0.5) is 13.2 Å². The molecule has 0 aliphatic heterocycles. The third-order valence-electron chi connectivity index (χ3n) is 4.13. The van der Waals surface area contributed by atoms with Crippen LogP contribution in [0.1, 0.15) is 43.2 Å². The van der Waals surface area contributed by atoms with E-state index in [2.05, 4.69) is 5.32 Å². The highest BCUT2D eigenvalue weighted by atomic mass is 35.5. The molecule has 0 saturated heterocycles. The second kappa shape index (κ2) is 8.02. The lowest BCUT2D eigenvalue weighted by atomic mass is 9.82. The van der Waals surface area contributed by atoms with Gasteiger partial charge in [-0.15, -0.1) is 12.4 Å². The van der Waals surface area contributed by atoms with E-state index in [1.807, 2.05) is 0 Å². The fourth-order valence-corrected chi connectivity index (χ4v) is 2.77. The number of benzene rings is 1. The minimum atomic E-state index is -4.35. The molecule has 1 aliphatic rings. The molecule has 7 heteroatoms. The molecule has 0 heterocycles. The summed E-state index contributed by atoms with van der Waals surface area (Å²) < 4.78 is 37.4. The minimum Gasteiger partial charge on any atom is -0.354 e. The molecular weight excluding hydrogens is 329 g/mol. The molecular formula is C16H22ClF3N2O. The standard InChI is InChI=1S/C16H21F3N2O.ClH/c17-16(18,19)13-6-4-12(5-7-13)10-14(22)21-11-15(20)8-2-1-3-9-15;/h4-7H,1-3,8-11,20H2,(H,21,22);1H. The van der Waals surface area contributed by atoms with Crippen molar-refractivity contribution in [3.8, 4) is 0 Å². The van der Waals surface area contributed by atoms with E-state index in [1.165, 1.54) is 18.6 Å². The van der Waals surface area contributed by atoms with E-state index in [1.54, 1.807) is 0 Å². The van der Waals surface area contributed by atoms with Gasteiger partial charge in [-0.3, -0.25) is 4.79 Å². The van der Waals surface area contributed by atoms with E-state index >= 15 is 0 Å². The normalized spacial score (nSPS) is 17.2. The first kappa shape index (κ1) is 19.8. The van der Waals surface area contributed by atoms with Crippen molar-refractivity contribution in [2.24, 2.45) is 5.73 Å². The number of nitrogens with two attached hydrogens (primary N) is 1. The van der Waals surface area contributed by atoms with Gasteiger partial charge >= 0.3 is 6.18 Å². The van der Waals surface area contributed by atoms with Gasteiger partial charge in [-0.1, -0.05) is 31.4 Å². The third kappa shape index (κ3) is 6.03. The smallest absolute Gasteiger partial charge is 0.354 e. The lowest BCUT2D eigenvalue weighted by molar-refractivity contribution is -0.137. The van der Waals surface area contributed by atoms with Crippen LogP contribution in [0.5, 0.6) is 0 Å². The maximum absolute atomic E-state index is 12.5. The Kier molecular flexibility index (Phi) is 6.89. The van der Waals surface area contributed by atoms with Crippen LogP contribution in [-0.2, 0) is 17.4 Å². The van der Waals surface area contributed by atoms with E-state index in [4.69, 9.17) is 5.73 Å². The summed E-state index contributed by atoms with van der Waals surface area (Å²) in [5.74, 6) is -0.213. The van der Waals surface area contributed by atoms with Crippen molar-refractivity contribution < 1.29 is 18.0 Å². The van der Waals surface area contributed by atoms with Crippen molar-refractivity contribution in [1.29, 1.82) is 0 Å². The minimum absolute atomic E-state index is 0. The molecule has 23 heavy (non-hydrogen) atoms. The van der Waals surface area contributed by atoms with Crippen LogP contribution in [0.2, 0.25) is 0 Å². The number of rotatable bonds is 4. The van der Waals surface area contributed by atoms with Crippen LogP contribution in [0.15, 0.2) is 24.3 Å². The van der Waals surface area contributed by atoms with Gasteiger partial charge in [-0.05, 0) is 30.5 Å². The highest BCUT2D eigenvalue weighted by Gasteiger charge is 2.30. The lowest BCUT2D eigenvalue weighted by Gasteiger charge is -2.33. The molecule has 1 amide bonds. The van der Waals surface area contributed by atoms with E-state index in [-0.39, 0.29) is 30.3 Å². The summed E-state index contributed by atoms with van der Waals surface area (Å²) >= 11 is 0. The molecule has 1 aromatic rings. The summed E-state index contributed by atoms with van der Waals surface area (Å²) in [5, 5.41) is 2.80. The maximum atomic E-state index is 12.5. The summed E-state index contributed by atoms with van der Waals surface area (Å²) in [6.45, 7) is 0.423. The molecule has 0 spiro atoms. The van der Waals surface area contributed by atoms with Crippen LogP contribution in [0.25, 0.3) is 0 Å². The molecule has 1 aromatic carbocycles. The molecule has 1 aliphatic carbocycles. The zero-order valence-electron chi connectivity index (χ0n) is 12.8. The molecule has 0 radical (unpaired) electrons. The van der Waals surface area contributed by atoms with Crippen LogP contribution in [-0.4, -0.2) is 18.0 Å². The molecule has 1 saturated carbocycles. The first-order valence-electron chi connectivity index (χ1n) is 7.50. The number of carbonyl (C=O) groups is 1. The van der Waals surface area contributed by atoms with Gasteiger partial charge < -0.3 is 11.1 Å². The van der Waals surface area contributed by atoms with Crippen LogP contribution >= 0.6 is 12.4 Å². The Morgan fingerprint density at radius 3 is 2.22 bits per heavy atom. The number of halogens is 4. The predicted molar refractivity (Wildman–Crippen MR) is 85.4 cm³/mol. The van der Waals surface area contributed by atoms with Crippen molar-refractivity contribution in [1.82, 2.24) is 5.32 Å². The topological polar surface area (TPSA) is 55.1 Å². The number of alkyl halides is 3. The number of amides is 1. The molecule has 0 bridgehead atoms.